The first-order valence-corrected chi connectivity index (χ1v) is 5.05. The molecule has 0 aromatic rings. The molecule has 0 heterocycles. The van der Waals surface area contributed by atoms with E-state index in [2.05, 4.69) is 33.7 Å². The molecule has 1 rings (SSSR count). The third kappa shape index (κ3) is 1.71. The maximum absolute atomic E-state index is 3.88. The lowest BCUT2D eigenvalue weighted by Gasteiger charge is -2.40. The Morgan fingerprint density at radius 1 is 1.33 bits per heavy atom. The molecule has 0 amide bonds. The van der Waals surface area contributed by atoms with Gasteiger partial charge in [0, 0.05) is 0 Å². The van der Waals surface area contributed by atoms with Gasteiger partial charge in [-0.25, -0.2) is 0 Å². The molecule has 1 nitrogen and oxygen atoms in total. The van der Waals surface area contributed by atoms with E-state index in [9.17, 15) is 0 Å². The molecule has 0 spiro atoms. The second kappa shape index (κ2) is 3.61. The largest absolute Gasteiger partial charge is 0.321 e. The first kappa shape index (κ1) is 9.79. The molecule has 1 saturated carbocycles. The van der Waals surface area contributed by atoms with Crippen LogP contribution in [0.3, 0.4) is 0 Å². The standard InChI is InChI=1S/C11H22N/c1-5-10(2)12(3,4)11-8-6-7-9-11/h5,10-11H,1,6-9H2,2-4H3/q+1. The van der Waals surface area contributed by atoms with Gasteiger partial charge in [0.1, 0.15) is 6.04 Å². The zero-order valence-electron chi connectivity index (χ0n) is 8.71. The van der Waals surface area contributed by atoms with E-state index >= 15 is 0 Å². The van der Waals surface area contributed by atoms with Crippen molar-refractivity contribution in [2.45, 2.75) is 44.7 Å². The Kier molecular flexibility index (Phi) is 2.94. The average Bonchev–Trinajstić information content (AvgIpc) is 2.55. The summed E-state index contributed by atoms with van der Waals surface area (Å²) in [5, 5.41) is 0. The highest BCUT2D eigenvalue weighted by Gasteiger charge is 2.33. The topological polar surface area (TPSA) is 0 Å². The molecule has 1 unspecified atom stereocenters. The van der Waals surface area contributed by atoms with Crippen LogP contribution in [0.5, 0.6) is 0 Å². The third-order valence-corrected chi connectivity index (χ3v) is 3.66. The monoisotopic (exact) mass is 168 g/mol. The van der Waals surface area contributed by atoms with Crippen LogP contribution in [-0.2, 0) is 0 Å². The number of quaternary nitrogens is 1. The summed E-state index contributed by atoms with van der Waals surface area (Å²) in [6, 6.07) is 1.46. The minimum absolute atomic E-state index is 0.591. The predicted molar refractivity (Wildman–Crippen MR) is 54.0 cm³/mol. The second-order valence-electron chi connectivity index (χ2n) is 4.54. The summed E-state index contributed by atoms with van der Waals surface area (Å²) >= 11 is 0. The molecule has 0 aromatic heterocycles. The summed E-state index contributed by atoms with van der Waals surface area (Å²) in [6.07, 6.45) is 7.75. The molecular weight excluding hydrogens is 146 g/mol. The highest BCUT2D eigenvalue weighted by molar-refractivity contribution is 4.79. The van der Waals surface area contributed by atoms with Crippen LogP contribution in [0, 0.1) is 0 Å². The summed E-state index contributed by atoms with van der Waals surface area (Å²) in [7, 11) is 4.67. The van der Waals surface area contributed by atoms with E-state index in [1.165, 1.54) is 25.7 Å². The van der Waals surface area contributed by atoms with Crippen LogP contribution in [0.15, 0.2) is 12.7 Å². The number of hydrogen-bond donors (Lipinski definition) is 0. The molecule has 1 fully saturated rings. The molecule has 0 aliphatic heterocycles. The van der Waals surface area contributed by atoms with Gasteiger partial charge in [-0.1, -0.05) is 6.58 Å². The van der Waals surface area contributed by atoms with Crippen molar-refractivity contribution in [1.29, 1.82) is 0 Å². The smallest absolute Gasteiger partial charge is 0.104 e. The Hall–Kier alpha value is -0.300. The van der Waals surface area contributed by atoms with Crippen molar-refractivity contribution >= 4 is 0 Å². The van der Waals surface area contributed by atoms with Crippen molar-refractivity contribution in [3.8, 4) is 0 Å². The maximum Gasteiger partial charge on any atom is 0.104 e. The highest BCUT2D eigenvalue weighted by atomic mass is 15.4. The van der Waals surface area contributed by atoms with Crippen molar-refractivity contribution in [3.63, 3.8) is 0 Å². The maximum atomic E-state index is 3.88. The Balaban J connectivity index is 2.61. The van der Waals surface area contributed by atoms with Gasteiger partial charge in [0.05, 0.1) is 20.1 Å². The first-order valence-electron chi connectivity index (χ1n) is 5.05. The van der Waals surface area contributed by atoms with Gasteiger partial charge >= 0.3 is 0 Å². The molecular formula is C11H22N+. The summed E-state index contributed by atoms with van der Waals surface area (Å²) in [5.74, 6) is 0. The van der Waals surface area contributed by atoms with E-state index in [1.807, 2.05) is 0 Å². The van der Waals surface area contributed by atoms with E-state index in [0.717, 1.165) is 10.5 Å². The van der Waals surface area contributed by atoms with Crippen LogP contribution in [0.2, 0.25) is 0 Å². The summed E-state index contributed by atoms with van der Waals surface area (Å²) < 4.78 is 1.13. The van der Waals surface area contributed by atoms with E-state index in [1.54, 1.807) is 0 Å². The quantitative estimate of drug-likeness (QED) is 0.449. The fourth-order valence-electron chi connectivity index (χ4n) is 2.17. The molecule has 0 saturated heterocycles. The molecule has 1 atom stereocenters. The number of likely N-dealkylation sites (N-methyl/N-ethyl adjacent to an activating group) is 1. The van der Waals surface area contributed by atoms with Gasteiger partial charge in [-0.15, -0.1) is 0 Å². The van der Waals surface area contributed by atoms with Gasteiger partial charge in [-0.05, 0) is 38.7 Å². The number of hydrogen-bond acceptors (Lipinski definition) is 0. The molecule has 0 N–H and O–H groups in total. The van der Waals surface area contributed by atoms with Crippen LogP contribution in [-0.4, -0.2) is 30.7 Å². The van der Waals surface area contributed by atoms with Crippen LogP contribution in [0.25, 0.3) is 0 Å². The Morgan fingerprint density at radius 2 is 1.83 bits per heavy atom. The molecule has 1 aliphatic carbocycles. The number of nitrogens with zero attached hydrogens (tertiary/aromatic N) is 1. The Bertz CT molecular complexity index is 154. The van der Waals surface area contributed by atoms with Crippen molar-refractivity contribution < 1.29 is 4.48 Å². The van der Waals surface area contributed by atoms with Crippen LogP contribution in [0.1, 0.15) is 32.6 Å². The molecule has 1 aliphatic rings. The fourth-order valence-corrected chi connectivity index (χ4v) is 2.17. The normalized spacial score (nSPS) is 22.6. The van der Waals surface area contributed by atoms with Gasteiger partial charge in [0.25, 0.3) is 0 Å². The van der Waals surface area contributed by atoms with Crippen LogP contribution >= 0.6 is 0 Å². The molecule has 0 radical (unpaired) electrons. The highest BCUT2D eigenvalue weighted by Crippen LogP contribution is 2.28. The van der Waals surface area contributed by atoms with Gasteiger partial charge in [0.15, 0.2) is 0 Å². The van der Waals surface area contributed by atoms with E-state index in [0.29, 0.717) is 6.04 Å². The third-order valence-electron chi connectivity index (χ3n) is 3.66. The lowest BCUT2D eigenvalue weighted by atomic mass is 10.1. The van der Waals surface area contributed by atoms with Crippen LogP contribution < -0.4 is 0 Å². The molecule has 0 bridgehead atoms. The van der Waals surface area contributed by atoms with Gasteiger partial charge in [-0.3, -0.25) is 0 Å². The van der Waals surface area contributed by atoms with E-state index in [4.69, 9.17) is 0 Å². The van der Waals surface area contributed by atoms with Crippen molar-refractivity contribution in [1.82, 2.24) is 0 Å². The lowest BCUT2D eigenvalue weighted by molar-refractivity contribution is -0.929. The lowest BCUT2D eigenvalue weighted by Crippen LogP contribution is -2.52. The molecule has 1 heteroatoms. The zero-order valence-corrected chi connectivity index (χ0v) is 8.71. The molecule has 12 heavy (non-hydrogen) atoms. The fraction of sp³-hybridized carbons (Fsp3) is 0.818. The molecule has 70 valence electrons. The Morgan fingerprint density at radius 3 is 2.25 bits per heavy atom. The summed E-state index contributed by atoms with van der Waals surface area (Å²) in [6.45, 7) is 6.15. The van der Waals surface area contributed by atoms with Crippen molar-refractivity contribution in [2.24, 2.45) is 0 Å². The SMILES string of the molecule is C=CC(C)[N+](C)(C)C1CCCC1. The van der Waals surface area contributed by atoms with Crippen molar-refractivity contribution in [2.75, 3.05) is 14.1 Å². The minimum Gasteiger partial charge on any atom is -0.321 e. The van der Waals surface area contributed by atoms with Gasteiger partial charge in [-0.2, -0.15) is 0 Å². The van der Waals surface area contributed by atoms with Gasteiger partial charge in [0.2, 0.25) is 0 Å². The van der Waals surface area contributed by atoms with Gasteiger partial charge < -0.3 is 4.48 Å². The predicted octanol–water partition coefficient (Wildman–Crippen LogP) is 2.58. The van der Waals surface area contributed by atoms with E-state index < -0.39 is 0 Å². The Labute approximate surface area is 76.7 Å². The summed E-state index contributed by atoms with van der Waals surface area (Å²) in [5.41, 5.74) is 0. The zero-order chi connectivity index (χ0) is 9.19. The average molecular weight is 168 g/mol. The van der Waals surface area contributed by atoms with E-state index in [-0.39, 0.29) is 0 Å². The van der Waals surface area contributed by atoms with Crippen molar-refractivity contribution in [3.05, 3.63) is 12.7 Å². The second-order valence-corrected chi connectivity index (χ2v) is 4.54. The minimum atomic E-state index is 0.591. The summed E-state index contributed by atoms with van der Waals surface area (Å²) in [4.78, 5) is 0. The molecule has 0 aromatic carbocycles. The van der Waals surface area contributed by atoms with Crippen LogP contribution in [0.4, 0.5) is 0 Å². The number of rotatable bonds is 3. The first-order chi connectivity index (χ1) is 5.59.